The molecule has 0 aliphatic rings. The van der Waals surface area contributed by atoms with Crippen molar-refractivity contribution in [2.24, 2.45) is 0 Å². The summed E-state index contributed by atoms with van der Waals surface area (Å²) in [6.45, 7) is 0. The Balaban J connectivity index is 1.80. The summed E-state index contributed by atoms with van der Waals surface area (Å²) < 4.78 is 2.00. The van der Waals surface area contributed by atoms with Gasteiger partial charge in [-0.2, -0.15) is 0 Å². The van der Waals surface area contributed by atoms with Crippen LogP contribution in [-0.2, 0) is 4.79 Å². The summed E-state index contributed by atoms with van der Waals surface area (Å²) in [6, 6.07) is 11.3. The highest BCUT2D eigenvalue weighted by atomic mass is 35.5. The second-order valence-electron chi connectivity index (χ2n) is 4.89. The van der Waals surface area contributed by atoms with Crippen molar-refractivity contribution >= 4 is 23.5 Å². The van der Waals surface area contributed by atoms with E-state index in [2.05, 4.69) is 15.3 Å². The topological polar surface area (TPSA) is 62.7 Å². The van der Waals surface area contributed by atoms with Crippen LogP contribution in [0.1, 0.15) is 18.0 Å². The lowest BCUT2D eigenvalue weighted by Gasteiger charge is -2.19. The third-order valence-electron chi connectivity index (χ3n) is 3.38. The van der Waals surface area contributed by atoms with Gasteiger partial charge >= 0.3 is 0 Å². The van der Waals surface area contributed by atoms with Crippen LogP contribution in [-0.4, -0.2) is 20.4 Å². The number of nitrogens with zero attached hydrogens (tertiary/aromatic N) is 2. The van der Waals surface area contributed by atoms with Crippen LogP contribution in [0.5, 0.6) is 0 Å². The molecule has 1 unspecified atom stereocenters. The smallest absolute Gasteiger partial charge is 0.229 e. The van der Waals surface area contributed by atoms with Crippen LogP contribution in [0.3, 0.4) is 0 Å². The first-order chi connectivity index (χ1) is 10.7. The highest BCUT2D eigenvalue weighted by Crippen LogP contribution is 2.24. The zero-order valence-corrected chi connectivity index (χ0v) is 12.5. The summed E-state index contributed by atoms with van der Waals surface area (Å²) in [5.74, 6) is 0.343. The lowest BCUT2D eigenvalue weighted by Crippen LogP contribution is -2.20. The van der Waals surface area contributed by atoms with Gasteiger partial charge in [-0.15, -0.1) is 0 Å². The summed E-state index contributed by atoms with van der Waals surface area (Å²) in [5, 5.41) is 3.43. The predicted molar refractivity (Wildman–Crippen MR) is 85.9 cm³/mol. The number of benzene rings is 1. The van der Waals surface area contributed by atoms with Gasteiger partial charge in [0.25, 0.3) is 0 Å². The number of imidazole rings is 1. The zero-order valence-electron chi connectivity index (χ0n) is 11.7. The monoisotopic (exact) mass is 314 g/mol. The van der Waals surface area contributed by atoms with Crippen molar-refractivity contribution < 1.29 is 4.79 Å². The molecule has 3 rings (SSSR count). The van der Waals surface area contributed by atoms with Crippen molar-refractivity contribution in [1.82, 2.24) is 14.5 Å². The molecule has 3 aromatic rings. The van der Waals surface area contributed by atoms with Crippen LogP contribution in [0.2, 0.25) is 5.02 Å². The van der Waals surface area contributed by atoms with Gasteiger partial charge in [-0.3, -0.25) is 10.1 Å². The summed E-state index contributed by atoms with van der Waals surface area (Å²) >= 11 is 5.94. The van der Waals surface area contributed by atoms with E-state index in [1.807, 2.05) is 53.4 Å². The number of amides is 1. The highest BCUT2D eigenvalue weighted by molar-refractivity contribution is 6.30. The van der Waals surface area contributed by atoms with E-state index >= 15 is 0 Å². The van der Waals surface area contributed by atoms with Gasteiger partial charge < -0.3 is 9.55 Å². The summed E-state index contributed by atoms with van der Waals surface area (Å²) in [6.07, 6.45) is 7.45. The molecule has 1 atom stereocenters. The van der Waals surface area contributed by atoms with E-state index in [-0.39, 0.29) is 11.9 Å². The third-order valence-corrected chi connectivity index (χ3v) is 3.63. The van der Waals surface area contributed by atoms with Gasteiger partial charge in [0.1, 0.15) is 0 Å². The Labute approximate surface area is 133 Å². The number of anilines is 1. The fraction of sp³-hybridized carbons (Fsp3) is 0.125. The molecule has 2 N–H and O–H groups in total. The van der Waals surface area contributed by atoms with Gasteiger partial charge in [0.2, 0.25) is 11.9 Å². The van der Waals surface area contributed by atoms with Crippen molar-refractivity contribution in [1.29, 1.82) is 0 Å². The average molecular weight is 315 g/mol. The first-order valence-electron chi connectivity index (χ1n) is 6.89. The van der Waals surface area contributed by atoms with Crippen LogP contribution in [0, 0.1) is 0 Å². The molecule has 112 valence electrons. The fourth-order valence-corrected chi connectivity index (χ4v) is 2.45. The quantitative estimate of drug-likeness (QED) is 0.757. The highest BCUT2D eigenvalue weighted by Gasteiger charge is 2.18. The van der Waals surface area contributed by atoms with Crippen molar-refractivity contribution in [3.05, 3.63) is 71.8 Å². The summed E-state index contributed by atoms with van der Waals surface area (Å²) in [7, 11) is 0. The normalized spacial score (nSPS) is 12.0. The molecule has 0 bridgehead atoms. The van der Waals surface area contributed by atoms with Crippen molar-refractivity contribution in [3.8, 4) is 0 Å². The minimum absolute atomic E-state index is 0.0952. The van der Waals surface area contributed by atoms with Gasteiger partial charge in [-0.25, -0.2) is 4.98 Å². The van der Waals surface area contributed by atoms with E-state index in [4.69, 9.17) is 11.6 Å². The Kier molecular flexibility index (Phi) is 4.25. The molecule has 0 aliphatic heterocycles. The van der Waals surface area contributed by atoms with Gasteiger partial charge in [-0.05, 0) is 29.8 Å². The van der Waals surface area contributed by atoms with Crippen molar-refractivity contribution in [2.45, 2.75) is 12.5 Å². The molecule has 2 aromatic heterocycles. The molecular formula is C16H15ClN4O. The minimum atomic E-state index is -0.108. The first-order valence-corrected chi connectivity index (χ1v) is 7.27. The molecule has 0 fully saturated rings. The van der Waals surface area contributed by atoms with E-state index < -0.39 is 0 Å². The Morgan fingerprint density at radius 3 is 2.64 bits per heavy atom. The van der Waals surface area contributed by atoms with Crippen molar-refractivity contribution in [3.63, 3.8) is 0 Å². The number of rotatable bonds is 5. The maximum Gasteiger partial charge on any atom is 0.229 e. The number of aromatic nitrogens is 3. The Hall–Kier alpha value is -2.53. The molecule has 1 amide bonds. The molecule has 0 saturated heterocycles. The molecule has 0 saturated carbocycles. The number of carbonyl (C=O) groups excluding carboxylic acids is 1. The maximum absolute atomic E-state index is 12.2. The van der Waals surface area contributed by atoms with Crippen LogP contribution in [0.25, 0.3) is 0 Å². The summed E-state index contributed by atoms with van der Waals surface area (Å²) in [4.78, 5) is 19.1. The molecule has 5 nitrogen and oxygen atoms in total. The van der Waals surface area contributed by atoms with Crippen LogP contribution in [0.15, 0.2) is 61.2 Å². The first kappa shape index (κ1) is 14.4. The molecule has 2 heterocycles. The predicted octanol–water partition coefficient (Wildman–Crippen LogP) is 3.48. The Morgan fingerprint density at radius 1 is 1.27 bits per heavy atom. The number of hydrogen-bond donors (Lipinski definition) is 2. The molecular weight excluding hydrogens is 300 g/mol. The lowest BCUT2D eigenvalue weighted by atomic mass is 10.0. The number of halogens is 1. The molecule has 0 spiro atoms. The third kappa shape index (κ3) is 3.38. The van der Waals surface area contributed by atoms with E-state index in [0.717, 1.165) is 5.56 Å². The second kappa shape index (κ2) is 6.49. The Bertz CT molecular complexity index is 720. The van der Waals surface area contributed by atoms with Gasteiger partial charge in [0.05, 0.1) is 12.5 Å². The van der Waals surface area contributed by atoms with Crippen LogP contribution < -0.4 is 5.32 Å². The van der Waals surface area contributed by atoms with E-state index in [0.29, 0.717) is 17.4 Å². The largest absolute Gasteiger partial charge is 0.346 e. The van der Waals surface area contributed by atoms with E-state index in [1.54, 1.807) is 12.4 Å². The number of H-pyrrole nitrogens is 1. The zero-order chi connectivity index (χ0) is 15.4. The maximum atomic E-state index is 12.2. The molecule has 1 aromatic carbocycles. The average Bonchev–Trinajstić information content (AvgIpc) is 3.19. The summed E-state index contributed by atoms with van der Waals surface area (Å²) in [5.41, 5.74) is 1.02. The van der Waals surface area contributed by atoms with E-state index in [1.165, 1.54) is 0 Å². The van der Waals surface area contributed by atoms with Crippen molar-refractivity contribution in [2.75, 3.05) is 5.32 Å². The second-order valence-corrected chi connectivity index (χ2v) is 5.32. The molecule has 0 aliphatic carbocycles. The van der Waals surface area contributed by atoms with Crippen LogP contribution >= 0.6 is 11.6 Å². The number of nitrogens with one attached hydrogen (secondary N) is 2. The van der Waals surface area contributed by atoms with Gasteiger partial charge in [0.15, 0.2) is 0 Å². The van der Waals surface area contributed by atoms with E-state index in [9.17, 15) is 4.79 Å². The minimum Gasteiger partial charge on any atom is -0.346 e. The SMILES string of the molecule is O=C(CC(c1ccc(Cl)cc1)n1cccc1)Nc1ncc[nH]1. The number of hydrogen-bond acceptors (Lipinski definition) is 2. The Morgan fingerprint density at radius 2 is 2.00 bits per heavy atom. The molecule has 0 radical (unpaired) electrons. The molecule has 22 heavy (non-hydrogen) atoms. The van der Waals surface area contributed by atoms with Gasteiger partial charge in [-0.1, -0.05) is 23.7 Å². The molecule has 6 heteroatoms. The fourth-order valence-electron chi connectivity index (χ4n) is 2.33. The number of carbonyl (C=O) groups is 1. The number of aromatic amines is 1. The van der Waals surface area contributed by atoms with Gasteiger partial charge in [0, 0.05) is 29.8 Å². The lowest BCUT2D eigenvalue weighted by molar-refractivity contribution is -0.116. The van der Waals surface area contributed by atoms with Crippen LogP contribution in [0.4, 0.5) is 5.95 Å². The standard InChI is InChI=1S/C16H15ClN4O/c17-13-5-3-12(4-6-13)14(21-9-1-2-10-21)11-15(22)20-16-18-7-8-19-16/h1-10,14H,11H2,(H2,18,19,20,22).